The van der Waals surface area contributed by atoms with E-state index in [4.69, 9.17) is 46.4 Å². The van der Waals surface area contributed by atoms with Crippen molar-refractivity contribution in [1.29, 1.82) is 0 Å². The number of benzene rings is 4. The molecule has 0 aliphatic rings. The number of hydrogen-bond donors (Lipinski definition) is 0. The maximum atomic E-state index is 12.3. The molecule has 13 heteroatoms. The van der Waals surface area contributed by atoms with E-state index < -0.39 is 12.2 Å². The normalized spacial score (nSPS) is 9.96. The maximum absolute atomic E-state index is 12.3. The number of aryl methyl sites for hydroxylation is 4. The van der Waals surface area contributed by atoms with Crippen molar-refractivity contribution >= 4 is 46.4 Å². The van der Waals surface area contributed by atoms with Crippen molar-refractivity contribution in [2.24, 2.45) is 0 Å². The van der Waals surface area contributed by atoms with Crippen LogP contribution < -0.4 is 30.6 Å². The molecule has 51 heavy (non-hydrogen) atoms. The predicted molar refractivity (Wildman–Crippen MR) is 190 cm³/mol. The summed E-state index contributed by atoms with van der Waals surface area (Å²) in [7, 11) is 0. The first-order valence-electron chi connectivity index (χ1n) is 15.2. The first-order chi connectivity index (χ1) is 22.0. The zero-order chi connectivity index (χ0) is 37.5. The summed E-state index contributed by atoms with van der Waals surface area (Å²) in [4.78, 5) is 0. The average Bonchev–Trinajstić information content (AvgIpc) is 2.95. The van der Waals surface area contributed by atoms with Gasteiger partial charge in [0.25, 0.3) is 0 Å². The molecule has 0 fully saturated rings. The second-order valence-corrected chi connectivity index (χ2v) is 13.6. The van der Waals surface area contributed by atoms with Gasteiger partial charge in [-0.15, -0.1) is 35.2 Å². The summed E-state index contributed by atoms with van der Waals surface area (Å²) in [5.41, 5.74) is 6.73. The van der Waals surface area contributed by atoms with Crippen molar-refractivity contribution < 1.29 is 79.6 Å². The first-order valence-corrected chi connectivity index (χ1v) is 16.7. The SMILES string of the molecule is CC(C)[O-].CC(C)[O-].Cc1cc([O-])c(-c2c([O-])cc(C)c(Cl)c2C)c(C)c1Cl.Cc1cc([O-])c(-c2c([O-])cc(C)c(Cl)c2C)c(C)c1Cl.[O-2].[Ti+4].[Ti+4]. The molecule has 0 aliphatic carbocycles. The molecule has 0 atom stereocenters. The molecule has 4 aromatic rings. The second-order valence-electron chi connectivity index (χ2n) is 12.1. The largest absolute Gasteiger partial charge is 4.00 e. The van der Waals surface area contributed by atoms with Gasteiger partial charge in [-0.25, -0.2) is 0 Å². The van der Waals surface area contributed by atoms with E-state index in [-0.39, 0.29) is 71.9 Å². The molecule has 7 nitrogen and oxygen atoms in total. The topological polar surface area (TPSA) is 167 Å². The Morgan fingerprint density at radius 1 is 0.392 bits per heavy atom. The van der Waals surface area contributed by atoms with Crippen molar-refractivity contribution in [2.45, 2.75) is 95.3 Å². The van der Waals surface area contributed by atoms with Crippen LogP contribution >= 0.6 is 46.4 Å². The van der Waals surface area contributed by atoms with E-state index in [9.17, 15) is 30.6 Å². The molecular weight excluding hydrogens is 806 g/mol. The molecule has 0 aliphatic heterocycles. The summed E-state index contributed by atoms with van der Waals surface area (Å²) in [6, 6.07) is 5.82. The standard InChI is InChI=1S/2C16H16Cl2O2.2C3H7O.O.2Ti/c2*1-7-5-11(19)13(9(3)15(7)17)14-10(4)16(18)8(2)6-12(14)20;2*1-3(2)4;;;/h2*5-6,19-20H,1-4H3;2*3H,1-2H3;;;/q;;2*-1;-2;2*+4/p-4. The van der Waals surface area contributed by atoms with Crippen molar-refractivity contribution in [3.63, 3.8) is 0 Å². The Morgan fingerprint density at radius 2 is 0.510 bits per heavy atom. The van der Waals surface area contributed by atoms with Crippen molar-refractivity contribution in [2.75, 3.05) is 0 Å². The van der Waals surface area contributed by atoms with Crippen LogP contribution in [0.1, 0.15) is 72.2 Å². The van der Waals surface area contributed by atoms with E-state index in [0.29, 0.717) is 86.9 Å². The smallest absolute Gasteiger partial charge is 2.00 e. The molecular formula is C38H42Cl4O7Ti2. The zero-order valence-corrected chi connectivity index (χ0v) is 37.0. The summed E-state index contributed by atoms with van der Waals surface area (Å²) >= 11 is 24.8. The van der Waals surface area contributed by atoms with E-state index in [0.717, 1.165) is 0 Å². The minimum Gasteiger partial charge on any atom is -2.00 e. The molecule has 0 spiro atoms. The molecule has 272 valence electrons. The van der Waals surface area contributed by atoms with E-state index >= 15 is 0 Å². The Morgan fingerprint density at radius 3 is 0.627 bits per heavy atom. The molecule has 0 radical (unpaired) electrons. The van der Waals surface area contributed by atoms with Crippen molar-refractivity contribution in [3.05, 3.63) is 88.9 Å². The van der Waals surface area contributed by atoms with Gasteiger partial charge in [-0.3, -0.25) is 0 Å². The van der Waals surface area contributed by atoms with Gasteiger partial charge < -0.3 is 36.1 Å². The van der Waals surface area contributed by atoms with Crippen molar-refractivity contribution in [3.8, 4) is 45.3 Å². The summed E-state index contributed by atoms with van der Waals surface area (Å²) in [6.45, 7) is 20.5. The van der Waals surface area contributed by atoms with E-state index in [1.165, 1.54) is 24.3 Å². The predicted octanol–water partition coefficient (Wildman–Crippen LogP) is 7.47. The molecule has 0 amide bonds. The monoisotopic (exact) mass is 846 g/mol. The van der Waals surface area contributed by atoms with Gasteiger partial charge in [-0.2, -0.15) is 0 Å². The number of rotatable bonds is 2. The third-order valence-corrected chi connectivity index (χ3v) is 9.40. The Labute approximate surface area is 352 Å². The fourth-order valence-corrected chi connectivity index (χ4v) is 5.53. The van der Waals surface area contributed by atoms with Gasteiger partial charge in [0.1, 0.15) is 0 Å². The molecule has 0 N–H and O–H groups in total. The molecule has 0 heterocycles. The first kappa shape index (κ1) is 53.9. The number of halogens is 4. The second kappa shape index (κ2) is 23.4. The minimum atomic E-state index is -0.417. The Bertz CT molecular complexity index is 1520. The average molecular weight is 848 g/mol. The fraction of sp³-hybridized carbons (Fsp3) is 0.368. The Balaban J connectivity index is -0.000000712. The summed E-state index contributed by atoms with van der Waals surface area (Å²) in [5, 5.41) is 70.2. The molecule has 0 saturated carbocycles. The third-order valence-electron chi connectivity index (χ3n) is 7.08. The molecule has 0 bridgehead atoms. The third kappa shape index (κ3) is 14.0. The summed E-state index contributed by atoms with van der Waals surface area (Å²) in [5.74, 6) is -0.817. The maximum Gasteiger partial charge on any atom is 4.00 e. The van der Waals surface area contributed by atoms with Crippen LogP contribution in [0.4, 0.5) is 0 Å². The van der Waals surface area contributed by atoms with Crippen LogP contribution in [0.2, 0.25) is 20.1 Å². The van der Waals surface area contributed by atoms with Gasteiger partial charge in [0.05, 0.1) is 0 Å². The molecule has 4 rings (SSSR count). The van der Waals surface area contributed by atoms with Gasteiger partial charge in [0, 0.05) is 20.1 Å². The van der Waals surface area contributed by atoms with Gasteiger partial charge in [0.2, 0.25) is 0 Å². The Hall–Kier alpha value is -1.45. The van der Waals surface area contributed by atoms with Crippen LogP contribution in [-0.4, -0.2) is 12.2 Å². The fourth-order valence-electron chi connectivity index (χ4n) is 4.93. The van der Waals surface area contributed by atoms with E-state index in [2.05, 4.69) is 0 Å². The minimum absolute atomic E-state index is 0. The molecule has 0 unspecified atom stereocenters. The van der Waals surface area contributed by atoms with Crippen molar-refractivity contribution in [1.82, 2.24) is 0 Å². The molecule has 0 saturated heterocycles. The van der Waals surface area contributed by atoms with Gasteiger partial charge in [-0.05, 0) is 122 Å². The van der Waals surface area contributed by atoms with Crippen LogP contribution in [0.15, 0.2) is 24.3 Å². The van der Waals surface area contributed by atoms with Gasteiger partial charge in [-0.1, -0.05) is 98.4 Å². The van der Waals surface area contributed by atoms with E-state index in [1.54, 1.807) is 83.1 Å². The van der Waals surface area contributed by atoms with Gasteiger partial charge in [0.15, 0.2) is 0 Å². The molecule has 0 aromatic heterocycles. The molecule has 4 aromatic carbocycles. The van der Waals surface area contributed by atoms with Crippen LogP contribution in [0.3, 0.4) is 0 Å². The summed E-state index contributed by atoms with van der Waals surface area (Å²) in [6.07, 6.45) is -0.833. The zero-order valence-electron chi connectivity index (χ0n) is 30.8. The van der Waals surface area contributed by atoms with Crippen LogP contribution in [0.5, 0.6) is 23.0 Å². The summed E-state index contributed by atoms with van der Waals surface area (Å²) < 4.78 is 0. The number of hydrogen-bond acceptors (Lipinski definition) is 6. The quantitative estimate of drug-likeness (QED) is 0.190. The van der Waals surface area contributed by atoms with E-state index in [1.807, 2.05) is 0 Å². The Kier molecular flexibility index (Phi) is 24.7. The van der Waals surface area contributed by atoms with Gasteiger partial charge >= 0.3 is 43.4 Å². The van der Waals surface area contributed by atoms with Crippen LogP contribution in [-0.2, 0) is 48.9 Å². The van der Waals surface area contributed by atoms with Crippen LogP contribution in [0.25, 0.3) is 22.3 Å². The van der Waals surface area contributed by atoms with Crippen LogP contribution in [0, 0.1) is 55.4 Å².